The number of rotatable bonds is 3. The van der Waals surface area contributed by atoms with Crippen molar-refractivity contribution in [2.24, 2.45) is 5.73 Å². The minimum atomic E-state index is -0.968. The van der Waals surface area contributed by atoms with Gasteiger partial charge in [0, 0.05) is 23.5 Å². The van der Waals surface area contributed by atoms with Gasteiger partial charge < -0.3 is 15.8 Å². The average Bonchev–Trinajstić information content (AvgIpc) is 2.60. The fourth-order valence-corrected chi connectivity index (χ4v) is 2.23. The number of aryl methyl sites for hydroxylation is 2. The fraction of sp³-hybridized carbons (Fsp3) is 0.308. The van der Waals surface area contributed by atoms with Crippen LogP contribution in [-0.4, -0.2) is 22.1 Å². The lowest BCUT2D eigenvalue weighted by molar-refractivity contribution is -0.138. The van der Waals surface area contributed by atoms with Crippen LogP contribution in [0.15, 0.2) is 18.3 Å². The molecule has 0 aliphatic rings. The van der Waals surface area contributed by atoms with Crippen LogP contribution in [-0.2, 0) is 11.2 Å². The molecule has 0 saturated carbocycles. The van der Waals surface area contributed by atoms with Gasteiger partial charge in [-0.15, -0.1) is 0 Å². The van der Waals surface area contributed by atoms with Gasteiger partial charge in [-0.3, -0.25) is 4.79 Å². The molecule has 0 unspecified atom stereocenters. The quantitative estimate of drug-likeness (QED) is 0.754. The SMILES string of the molecule is Cc1cc(C)c2c(C[C@H](N)C(=O)O)c[nH]c2c1. The summed E-state index contributed by atoms with van der Waals surface area (Å²) in [5.41, 5.74) is 9.90. The van der Waals surface area contributed by atoms with Crippen LogP contribution in [0.2, 0.25) is 0 Å². The zero-order chi connectivity index (χ0) is 12.6. The van der Waals surface area contributed by atoms with Crippen molar-refractivity contribution in [2.75, 3.05) is 0 Å². The highest BCUT2D eigenvalue weighted by Crippen LogP contribution is 2.24. The molecule has 90 valence electrons. The predicted octanol–water partition coefficient (Wildman–Crippen LogP) is 1.74. The molecule has 0 amide bonds. The molecule has 17 heavy (non-hydrogen) atoms. The van der Waals surface area contributed by atoms with E-state index in [2.05, 4.69) is 17.1 Å². The Morgan fingerprint density at radius 1 is 1.47 bits per heavy atom. The number of H-pyrrole nitrogens is 1. The molecule has 4 heteroatoms. The second kappa shape index (κ2) is 4.22. The van der Waals surface area contributed by atoms with Crippen molar-refractivity contribution in [2.45, 2.75) is 26.3 Å². The van der Waals surface area contributed by atoms with Crippen LogP contribution in [0.25, 0.3) is 10.9 Å². The monoisotopic (exact) mass is 232 g/mol. The standard InChI is InChI=1S/C13H16N2O2/c1-7-3-8(2)12-9(5-10(14)13(16)17)6-15-11(12)4-7/h3-4,6,10,15H,5,14H2,1-2H3,(H,16,17)/t10-/m0/s1. The van der Waals surface area contributed by atoms with Gasteiger partial charge in [-0.05, 0) is 36.6 Å². The van der Waals surface area contributed by atoms with Crippen molar-refractivity contribution in [1.29, 1.82) is 0 Å². The van der Waals surface area contributed by atoms with Gasteiger partial charge in [0.1, 0.15) is 6.04 Å². The number of carbonyl (C=O) groups is 1. The number of hydrogen-bond acceptors (Lipinski definition) is 2. The first-order valence-electron chi connectivity index (χ1n) is 5.54. The Hall–Kier alpha value is -1.81. The molecule has 2 rings (SSSR count). The lowest BCUT2D eigenvalue weighted by atomic mass is 10.0. The molecule has 4 nitrogen and oxygen atoms in total. The van der Waals surface area contributed by atoms with Crippen molar-refractivity contribution in [3.8, 4) is 0 Å². The number of nitrogens with two attached hydrogens (primary N) is 1. The molecular weight excluding hydrogens is 216 g/mol. The van der Waals surface area contributed by atoms with Gasteiger partial charge in [-0.1, -0.05) is 6.07 Å². The lowest BCUT2D eigenvalue weighted by Gasteiger charge is -2.07. The van der Waals surface area contributed by atoms with E-state index in [0.717, 1.165) is 22.0 Å². The zero-order valence-electron chi connectivity index (χ0n) is 9.95. The fourth-order valence-electron chi connectivity index (χ4n) is 2.23. The summed E-state index contributed by atoms with van der Waals surface area (Å²) in [5, 5.41) is 9.92. The van der Waals surface area contributed by atoms with Gasteiger partial charge in [0.25, 0.3) is 0 Å². The zero-order valence-corrected chi connectivity index (χ0v) is 9.95. The summed E-state index contributed by atoms with van der Waals surface area (Å²) >= 11 is 0. The van der Waals surface area contributed by atoms with Crippen molar-refractivity contribution >= 4 is 16.9 Å². The van der Waals surface area contributed by atoms with E-state index in [-0.39, 0.29) is 0 Å². The molecule has 1 aromatic carbocycles. The van der Waals surface area contributed by atoms with Gasteiger partial charge in [0.15, 0.2) is 0 Å². The summed E-state index contributed by atoms with van der Waals surface area (Å²) in [5.74, 6) is -0.968. The third-order valence-electron chi connectivity index (χ3n) is 2.96. The van der Waals surface area contributed by atoms with E-state index in [0.29, 0.717) is 6.42 Å². The van der Waals surface area contributed by atoms with Crippen LogP contribution in [0.3, 0.4) is 0 Å². The molecule has 1 heterocycles. The topological polar surface area (TPSA) is 79.1 Å². The highest BCUT2D eigenvalue weighted by molar-refractivity contribution is 5.88. The molecule has 2 aromatic rings. The minimum Gasteiger partial charge on any atom is -0.480 e. The van der Waals surface area contributed by atoms with E-state index >= 15 is 0 Å². The number of fused-ring (bicyclic) bond motifs is 1. The second-order valence-corrected chi connectivity index (χ2v) is 4.47. The largest absolute Gasteiger partial charge is 0.480 e. The van der Waals surface area contributed by atoms with Crippen LogP contribution in [0.5, 0.6) is 0 Å². The average molecular weight is 232 g/mol. The van der Waals surface area contributed by atoms with E-state index in [1.54, 1.807) is 0 Å². The van der Waals surface area contributed by atoms with Crippen LogP contribution in [0.4, 0.5) is 0 Å². The van der Waals surface area contributed by atoms with E-state index in [1.165, 1.54) is 5.56 Å². The summed E-state index contributed by atoms with van der Waals surface area (Å²) in [4.78, 5) is 13.9. The lowest BCUT2D eigenvalue weighted by Crippen LogP contribution is -2.32. The van der Waals surface area contributed by atoms with Gasteiger partial charge in [-0.2, -0.15) is 0 Å². The molecule has 1 aromatic heterocycles. The molecule has 0 radical (unpaired) electrons. The van der Waals surface area contributed by atoms with Crippen LogP contribution >= 0.6 is 0 Å². The Morgan fingerprint density at radius 3 is 2.82 bits per heavy atom. The van der Waals surface area contributed by atoms with E-state index in [4.69, 9.17) is 10.8 Å². The summed E-state index contributed by atoms with van der Waals surface area (Å²) < 4.78 is 0. The first-order chi connectivity index (χ1) is 7.99. The number of carboxylic acids is 1. The molecule has 0 saturated heterocycles. The normalized spacial score (nSPS) is 12.9. The van der Waals surface area contributed by atoms with Crippen LogP contribution in [0, 0.1) is 13.8 Å². The summed E-state index contributed by atoms with van der Waals surface area (Å²) in [7, 11) is 0. The molecule has 0 bridgehead atoms. The van der Waals surface area contributed by atoms with Crippen molar-refractivity contribution in [3.05, 3.63) is 35.0 Å². The van der Waals surface area contributed by atoms with Crippen molar-refractivity contribution in [1.82, 2.24) is 4.98 Å². The number of benzene rings is 1. The van der Waals surface area contributed by atoms with E-state index < -0.39 is 12.0 Å². The number of nitrogens with one attached hydrogen (secondary N) is 1. The molecule has 0 fully saturated rings. The molecule has 4 N–H and O–H groups in total. The second-order valence-electron chi connectivity index (χ2n) is 4.47. The number of aliphatic carboxylic acids is 1. The Balaban J connectivity index is 2.46. The molecule has 0 spiro atoms. The third kappa shape index (κ3) is 2.17. The molecular formula is C13H16N2O2. The van der Waals surface area contributed by atoms with Crippen molar-refractivity contribution < 1.29 is 9.90 Å². The molecule has 0 aliphatic carbocycles. The Morgan fingerprint density at radius 2 is 2.18 bits per heavy atom. The minimum absolute atomic E-state index is 0.346. The van der Waals surface area contributed by atoms with E-state index in [1.807, 2.05) is 20.0 Å². The Labute approximate surface area is 99.4 Å². The summed E-state index contributed by atoms with van der Waals surface area (Å²) in [6, 6.07) is 3.29. The molecule has 0 aliphatic heterocycles. The third-order valence-corrected chi connectivity index (χ3v) is 2.96. The van der Waals surface area contributed by atoms with Crippen LogP contribution in [0.1, 0.15) is 16.7 Å². The van der Waals surface area contributed by atoms with Gasteiger partial charge in [-0.25, -0.2) is 0 Å². The van der Waals surface area contributed by atoms with E-state index in [9.17, 15) is 4.79 Å². The van der Waals surface area contributed by atoms with Crippen LogP contribution < -0.4 is 5.73 Å². The maximum atomic E-state index is 10.8. The summed E-state index contributed by atoms with van der Waals surface area (Å²) in [6.45, 7) is 4.06. The number of aromatic amines is 1. The van der Waals surface area contributed by atoms with Crippen molar-refractivity contribution in [3.63, 3.8) is 0 Å². The van der Waals surface area contributed by atoms with Gasteiger partial charge >= 0.3 is 5.97 Å². The number of hydrogen-bond donors (Lipinski definition) is 3. The Kier molecular flexibility index (Phi) is 2.90. The maximum absolute atomic E-state index is 10.8. The highest BCUT2D eigenvalue weighted by atomic mass is 16.4. The number of aromatic nitrogens is 1. The predicted molar refractivity (Wildman–Crippen MR) is 67.1 cm³/mol. The van der Waals surface area contributed by atoms with Gasteiger partial charge in [0.2, 0.25) is 0 Å². The smallest absolute Gasteiger partial charge is 0.320 e. The van der Waals surface area contributed by atoms with Gasteiger partial charge in [0.05, 0.1) is 0 Å². The first kappa shape index (κ1) is 11.7. The first-order valence-corrected chi connectivity index (χ1v) is 5.54. The summed E-state index contributed by atoms with van der Waals surface area (Å²) in [6.07, 6.45) is 2.19. The molecule has 1 atom stereocenters. The maximum Gasteiger partial charge on any atom is 0.320 e. The Bertz CT molecular complexity index is 572. The number of carboxylic acid groups (broad SMARTS) is 1. The highest BCUT2D eigenvalue weighted by Gasteiger charge is 2.15.